The molecule has 7 heteroatoms. The summed E-state index contributed by atoms with van der Waals surface area (Å²) in [6.45, 7) is 4.18. The van der Waals surface area contributed by atoms with Crippen LogP contribution < -0.4 is 10.1 Å². The van der Waals surface area contributed by atoms with Gasteiger partial charge in [0.05, 0.1) is 5.92 Å². The number of amides is 3. The molecule has 0 radical (unpaired) electrons. The van der Waals surface area contributed by atoms with Gasteiger partial charge in [-0.15, -0.1) is 0 Å². The molecule has 1 unspecified atom stereocenters. The minimum absolute atomic E-state index is 0.0154. The average Bonchev–Trinajstić information content (AvgIpc) is 3.20. The molecule has 0 saturated carbocycles. The van der Waals surface area contributed by atoms with Gasteiger partial charge >= 0.3 is 0 Å². The van der Waals surface area contributed by atoms with Gasteiger partial charge in [0.1, 0.15) is 5.75 Å². The van der Waals surface area contributed by atoms with E-state index in [0.29, 0.717) is 44.8 Å². The van der Waals surface area contributed by atoms with Gasteiger partial charge in [-0.25, -0.2) is 0 Å². The second kappa shape index (κ2) is 10.5. The van der Waals surface area contributed by atoms with Crippen molar-refractivity contribution in [1.82, 2.24) is 15.1 Å². The smallest absolute Gasteiger partial charge is 0.260 e. The Morgan fingerprint density at radius 3 is 2.42 bits per heavy atom. The van der Waals surface area contributed by atoms with E-state index in [2.05, 4.69) is 5.32 Å². The SMILES string of the molecule is Cc1ccc(OCC(=O)N2CCC(NC(=O)C3CC(=O)N(Cc4ccccc4)C3)CC2)cc1. The van der Waals surface area contributed by atoms with Gasteiger partial charge in [-0.1, -0.05) is 48.0 Å². The van der Waals surface area contributed by atoms with Crippen molar-refractivity contribution in [3.05, 3.63) is 65.7 Å². The molecule has 0 aromatic heterocycles. The number of aryl methyl sites for hydroxylation is 1. The number of nitrogens with zero attached hydrogens (tertiary/aromatic N) is 2. The van der Waals surface area contributed by atoms with Crippen LogP contribution in [0.5, 0.6) is 5.75 Å². The molecule has 0 spiro atoms. The van der Waals surface area contributed by atoms with E-state index in [1.807, 2.05) is 61.5 Å². The largest absolute Gasteiger partial charge is 0.484 e. The maximum absolute atomic E-state index is 12.8. The normalized spacial score (nSPS) is 18.9. The number of rotatable bonds is 7. The molecule has 3 amide bonds. The third-order valence-corrected chi connectivity index (χ3v) is 6.38. The number of benzene rings is 2. The van der Waals surface area contributed by atoms with E-state index in [-0.39, 0.29) is 42.7 Å². The molecule has 2 aromatic rings. The standard InChI is InChI=1S/C26H31N3O4/c1-19-7-9-23(10-8-19)33-18-25(31)28-13-11-22(12-14-28)27-26(32)21-15-24(30)29(17-21)16-20-5-3-2-4-6-20/h2-10,21-22H,11-18H2,1H3,(H,27,32). The zero-order valence-electron chi connectivity index (χ0n) is 19.0. The molecular weight excluding hydrogens is 418 g/mol. The maximum atomic E-state index is 12.8. The van der Waals surface area contributed by atoms with E-state index >= 15 is 0 Å². The van der Waals surface area contributed by atoms with Crippen LogP contribution in [0.25, 0.3) is 0 Å². The molecule has 7 nitrogen and oxygen atoms in total. The third kappa shape index (κ3) is 6.12. The predicted molar refractivity (Wildman–Crippen MR) is 124 cm³/mol. The first-order valence-corrected chi connectivity index (χ1v) is 11.6. The van der Waals surface area contributed by atoms with Crippen molar-refractivity contribution in [3.8, 4) is 5.75 Å². The first kappa shape index (κ1) is 22.8. The van der Waals surface area contributed by atoms with Gasteiger partial charge in [-0.2, -0.15) is 0 Å². The predicted octanol–water partition coefficient (Wildman–Crippen LogP) is 2.53. The summed E-state index contributed by atoms with van der Waals surface area (Å²) in [4.78, 5) is 41.2. The zero-order chi connectivity index (χ0) is 23.2. The lowest BCUT2D eigenvalue weighted by molar-refractivity contribution is -0.134. The fourth-order valence-corrected chi connectivity index (χ4v) is 4.37. The molecule has 0 bridgehead atoms. The molecule has 2 aliphatic rings. The number of likely N-dealkylation sites (tertiary alicyclic amines) is 2. The molecule has 174 valence electrons. The Morgan fingerprint density at radius 2 is 1.73 bits per heavy atom. The van der Waals surface area contributed by atoms with Crippen molar-refractivity contribution in [1.29, 1.82) is 0 Å². The third-order valence-electron chi connectivity index (χ3n) is 6.38. The highest BCUT2D eigenvalue weighted by molar-refractivity contribution is 5.89. The Balaban J connectivity index is 1.18. The van der Waals surface area contributed by atoms with Gasteiger partial charge in [0, 0.05) is 38.6 Å². The van der Waals surface area contributed by atoms with Crippen LogP contribution >= 0.6 is 0 Å². The van der Waals surface area contributed by atoms with Gasteiger partial charge in [-0.3, -0.25) is 14.4 Å². The summed E-state index contributed by atoms with van der Waals surface area (Å²) in [6, 6.07) is 17.5. The molecule has 2 saturated heterocycles. The summed E-state index contributed by atoms with van der Waals surface area (Å²) in [6.07, 6.45) is 1.67. The second-order valence-electron chi connectivity index (χ2n) is 8.93. The van der Waals surface area contributed by atoms with E-state index in [1.165, 1.54) is 0 Å². The summed E-state index contributed by atoms with van der Waals surface area (Å²) in [5.74, 6) is 0.282. The Labute approximate surface area is 194 Å². The van der Waals surface area contributed by atoms with Crippen LogP contribution in [-0.2, 0) is 20.9 Å². The number of hydrogen-bond acceptors (Lipinski definition) is 4. The fourth-order valence-electron chi connectivity index (χ4n) is 4.37. The fraction of sp³-hybridized carbons (Fsp3) is 0.423. The molecular formula is C26H31N3O4. The minimum Gasteiger partial charge on any atom is -0.484 e. The first-order chi connectivity index (χ1) is 16.0. The molecule has 2 fully saturated rings. The quantitative estimate of drug-likeness (QED) is 0.705. The number of hydrogen-bond donors (Lipinski definition) is 1. The lowest BCUT2D eigenvalue weighted by Gasteiger charge is -2.32. The van der Waals surface area contributed by atoms with E-state index in [9.17, 15) is 14.4 Å². The molecule has 4 rings (SSSR count). The summed E-state index contributed by atoms with van der Waals surface area (Å²) in [5, 5.41) is 3.10. The summed E-state index contributed by atoms with van der Waals surface area (Å²) < 4.78 is 5.60. The number of carbonyl (C=O) groups excluding carboxylic acids is 3. The molecule has 2 heterocycles. The van der Waals surface area contributed by atoms with Crippen molar-refractivity contribution in [2.45, 2.75) is 38.8 Å². The minimum atomic E-state index is -0.316. The van der Waals surface area contributed by atoms with E-state index in [0.717, 1.165) is 11.1 Å². The van der Waals surface area contributed by atoms with Crippen LogP contribution in [0.15, 0.2) is 54.6 Å². The Bertz CT molecular complexity index is 969. The van der Waals surface area contributed by atoms with E-state index in [1.54, 1.807) is 9.80 Å². The van der Waals surface area contributed by atoms with Crippen molar-refractivity contribution < 1.29 is 19.1 Å². The monoisotopic (exact) mass is 449 g/mol. The highest BCUT2D eigenvalue weighted by Gasteiger charge is 2.35. The van der Waals surface area contributed by atoms with Crippen LogP contribution in [0.2, 0.25) is 0 Å². The lowest BCUT2D eigenvalue weighted by Crippen LogP contribution is -2.49. The van der Waals surface area contributed by atoms with E-state index < -0.39 is 0 Å². The second-order valence-corrected chi connectivity index (χ2v) is 8.93. The Morgan fingerprint density at radius 1 is 1.03 bits per heavy atom. The molecule has 1 N–H and O–H groups in total. The average molecular weight is 450 g/mol. The number of nitrogens with one attached hydrogen (secondary N) is 1. The van der Waals surface area contributed by atoms with Gasteiger partial charge in [0.15, 0.2) is 6.61 Å². The van der Waals surface area contributed by atoms with Gasteiger partial charge in [0.2, 0.25) is 11.8 Å². The molecule has 33 heavy (non-hydrogen) atoms. The van der Waals surface area contributed by atoms with Gasteiger partial charge < -0.3 is 19.9 Å². The van der Waals surface area contributed by atoms with Crippen LogP contribution in [0.4, 0.5) is 0 Å². The Kier molecular flexibility index (Phi) is 7.27. The first-order valence-electron chi connectivity index (χ1n) is 11.6. The summed E-state index contributed by atoms with van der Waals surface area (Å²) >= 11 is 0. The zero-order valence-corrected chi connectivity index (χ0v) is 19.0. The Hall–Kier alpha value is -3.35. The molecule has 0 aliphatic carbocycles. The van der Waals surface area contributed by atoms with Gasteiger partial charge in [0.25, 0.3) is 5.91 Å². The maximum Gasteiger partial charge on any atom is 0.260 e. The molecule has 2 aromatic carbocycles. The summed E-state index contributed by atoms with van der Waals surface area (Å²) in [5.41, 5.74) is 2.21. The van der Waals surface area contributed by atoms with Crippen LogP contribution in [0.1, 0.15) is 30.4 Å². The van der Waals surface area contributed by atoms with Crippen LogP contribution in [0.3, 0.4) is 0 Å². The van der Waals surface area contributed by atoms with Crippen molar-refractivity contribution in [2.75, 3.05) is 26.2 Å². The highest BCUT2D eigenvalue weighted by atomic mass is 16.5. The van der Waals surface area contributed by atoms with Crippen LogP contribution in [0, 0.1) is 12.8 Å². The highest BCUT2D eigenvalue weighted by Crippen LogP contribution is 2.21. The number of carbonyl (C=O) groups is 3. The summed E-state index contributed by atoms with van der Waals surface area (Å²) in [7, 11) is 0. The number of ether oxygens (including phenoxy) is 1. The topological polar surface area (TPSA) is 79.0 Å². The van der Waals surface area contributed by atoms with Crippen molar-refractivity contribution in [3.63, 3.8) is 0 Å². The molecule has 1 atom stereocenters. The van der Waals surface area contributed by atoms with Crippen molar-refractivity contribution in [2.24, 2.45) is 5.92 Å². The number of piperidine rings is 1. The molecule has 2 aliphatic heterocycles. The van der Waals surface area contributed by atoms with Gasteiger partial charge in [-0.05, 0) is 37.5 Å². The van der Waals surface area contributed by atoms with Crippen molar-refractivity contribution >= 4 is 17.7 Å². The van der Waals surface area contributed by atoms with Crippen LogP contribution in [-0.4, -0.2) is 59.8 Å². The van der Waals surface area contributed by atoms with E-state index in [4.69, 9.17) is 4.74 Å². The lowest BCUT2D eigenvalue weighted by atomic mass is 10.0.